The van der Waals surface area contributed by atoms with Crippen molar-refractivity contribution in [1.29, 1.82) is 0 Å². The molecule has 0 aromatic heterocycles. The highest BCUT2D eigenvalue weighted by molar-refractivity contribution is 5.54. The molecule has 88 valence electrons. The quantitative estimate of drug-likeness (QED) is 0.768. The van der Waals surface area contributed by atoms with Gasteiger partial charge in [0.25, 0.3) is 0 Å². The molecule has 2 nitrogen and oxygen atoms in total. The minimum absolute atomic E-state index is 1.16. The Morgan fingerprint density at radius 2 is 1.75 bits per heavy atom. The van der Waals surface area contributed by atoms with Crippen LogP contribution in [0.3, 0.4) is 0 Å². The van der Waals surface area contributed by atoms with Gasteiger partial charge in [0.05, 0.1) is 0 Å². The van der Waals surface area contributed by atoms with E-state index in [9.17, 15) is 0 Å². The van der Waals surface area contributed by atoms with Crippen LogP contribution in [-0.4, -0.2) is 38.1 Å². The van der Waals surface area contributed by atoms with Crippen LogP contribution in [0.2, 0.25) is 0 Å². The summed E-state index contributed by atoms with van der Waals surface area (Å²) in [5.74, 6) is 0. The second-order valence-corrected chi connectivity index (χ2v) is 4.67. The molecule has 2 heteroatoms. The van der Waals surface area contributed by atoms with E-state index < -0.39 is 0 Å². The number of aryl methyl sites for hydroxylation is 1. The topological polar surface area (TPSA) is 6.48 Å². The Morgan fingerprint density at radius 1 is 1.06 bits per heavy atom. The molecule has 2 rings (SSSR count). The van der Waals surface area contributed by atoms with Crippen molar-refractivity contribution in [3.63, 3.8) is 0 Å². The normalized spacial score (nSPS) is 17.8. The molecule has 1 saturated heterocycles. The summed E-state index contributed by atoms with van der Waals surface area (Å²) in [7, 11) is 2.20. The molecular weight excluding hydrogens is 196 g/mol. The average Bonchev–Trinajstić information content (AvgIpc) is 2.32. The van der Waals surface area contributed by atoms with E-state index in [-0.39, 0.29) is 0 Å². The van der Waals surface area contributed by atoms with E-state index in [1.165, 1.54) is 37.2 Å². The van der Waals surface area contributed by atoms with Gasteiger partial charge >= 0.3 is 0 Å². The van der Waals surface area contributed by atoms with E-state index in [2.05, 4.69) is 48.0 Å². The smallest absolute Gasteiger partial charge is 0.0399 e. The van der Waals surface area contributed by atoms with Crippen molar-refractivity contribution >= 4 is 5.69 Å². The van der Waals surface area contributed by atoms with Gasteiger partial charge in [0.15, 0.2) is 0 Å². The Morgan fingerprint density at radius 3 is 2.44 bits per heavy atom. The molecule has 0 atom stereocenters. The van der Waals surface area contributed by atoms with Gasteiger partial charge in [-0.05, 0) is 25.1 Å². The third-order valence-electron chi connectivity index (χ3n) is 3.35. The van der Waals surface area contributed by atoms with Crippen LogP contribution in [0.25, 0.3) is 0 Å². The highest BCUT2D eigenvalue weighted by atomic mass is 15.2. The standard InChI is InChI=1S/C14H22N2/c1-3-6-13-7-4-5-8-14(13)16-11-9-15(2)10-12-16/h4-5,7-8H,3,6,9-12H2,1-2H3. The Labute approximate surface area is 98.9 Å². The predicted octanol–water partition coefficient (Wildman–Crippen LogP) is 2.39. The van der Waals surface area contributed by atoms with Gasteiger partial charge < -0.3 is 9.80 Å². The summed E-state index contributed by atoms with van der Waals surface area (Å²) in [4.78, 5) is 4.93. The van der Waals surface area contributed by atoms with Crippen LogP contribution in [0.5, 0.6) is 0 Å². The van der Waals surface area contributed by atoms with Crippen molar-refractivity contribution in [3.05, 3.63) is 29.8 Å². The summed E-state index contributed by atoms with van der Waals surface area (Å²) in [6.45, 7) is 6.94. The molecule has 1 aliphatic rings. The van der Waals surface area contributed by atoms with Crippen LogP contribution < -0.4 is 4.90 Å². The fraction of sp³-hybridized carbons (Fsp3) is 0.571. The van der Waals surface area contributed by atoms with Gasteiger partial charge in [-0.3, -0.25) is 0 Å². The monoisotopic (exact) mass is 218 g/mol. The fourth-order valence-corrected chi connectivity index (χ4v) is 2.35. The molecule has 0 unspecified atom stereocenters. The van der Waals surface area contributed by atoms with Gasteiger partial charge in [-0.2, -0.15) is 0 Å². The van der Waals surface area contributed by atoms with E-state index in [4.69, 9.17) is 0 Å². The van der Waals surface area contributed by atoms with E-state index in [0.717, 1.165) is 13.1 Å². The van der Waals surface area contributed by atoms with Crippen LogP contribution in [0.1, 0.15) is 18.9 Å². The third kappa shape index (κ3) is 2.56. The molecule has 0 amide bonds. The second-order valence-electron chi connectivity index (χ2n) is 4.67. The Balaban J connectivity index is 2.13. The number of rotatable bonds is 3. The summed E-state index contributed by atoms with van der Waals surface area (Å²) in [5, 5.41) is 0. The van der Waals surface area contributed by atoms with E-state index >= 15 is 0 Å². The number of likely N-dealkylation sites (N-methyl/N-ethyl adjacent to an activating group) is 1. The van der Waals surface area contributed by atoms with Gasteiger partial charge in [0, 0.05) is 31.9 Å². The Hall–Kier alpha value is -1.02. The molecule has 1 fully saturated rings. The lowest BCUT2D eigenvalue weighted by molar-refractivity contribution is 0.312. The first-order valence-electron chi connectivity index (χ1n) is 6.32. The summed E-state index contributed by atoms with van der Waals surface area (Å²) in [5.41, 5.74) is 2.96. The first-order valence-corrected chi connectivity index (χ1v) is 6.32. The third-order valence-corrected chi connectivity index (χ3v) is 3.35. The number of para-hydroxylation sites is 1. The van der Waals surface area contributed by atoms with Crippen molar-refractivity contribution in [3.8, 4) is 0 Å². The number of piperazine rings is 1. The largest absolute Gasteiger partial charge is 0.369 e. The van der Waals surface area contributed by atoms with Crippen molar-refractivity contribution in [2.45, 2.75) is 19.8 Å². The van der Waals surface area contributed by atoms with E-state index in [0.29, 0.717) is 0 Å². The number of benzene rings is 1. The lowest BCUT2D eigenvalue weighted by atomic mass is 10.1. The molecule has 0 N–H and O–H groups in total. The summed E-state index contributed by atoms with van der Waals surface area (Å²) in [6.07, 6.45) is 2.42. The van der Waals surface area contributed by atoms with Crippen LogP contribution in [0, 0.1) is 0 Å². The van der Waals surface area contributed by atoms with Crippen LogP contribution in [0.15, 0.2) is 24.3 Å². The molecule has 0 spiro atoms. The summed E-state index contributed by atoms with van der Waals surface area (Å²) >= 11 is 0. The Kier molecular flexibility index (Phi) is 3.83. The second kappa shape index (κ2) is 5.35. The molecule has 0 bridgehead atoms. The number of anilines is 1. The zero-order valence-electron chi connectivity index (χ0n) is 10.4. The molecule has 16 heavy (non-hydrogen) atoms. The predicted molar refractivity (Wildman–Crippen MR) is 70.1 cm³/mol. The molecule has 1 aliphatic heterocycles. The van der Waals surface area contributed by atoms with Crippen LogP contribution in [-0.2, 0) is 6.42 Å². The van der Waals surface area contributed by atoms with Crippen molar-refractivity contribution in [2.24, 2.45) is 0 Å². The maximum Gasteiger partial charge on any atom is 0.0399 e. The maximum absolute atomic E-state index is 2.53. The molecule has 0 saturated carbocycles. The Bertz CT molecular complexity index is 327. The number of hydrogen-bond acceptors (Lipinski definition) is 2. The molecule has 0 aliphatic carbocycles. The zero-order chi connectivity index (χ0) is 11.4. The van der Waals surface area contributed by atoms with Crippen molar-refractivity contribution < 1.29 is 0 Å². The summed E-state index contributed by atoms with van der Waals surface area (Å²) in [6, 6.07) is 8.87. The number of hydrogen-bond donors (Lipinski definition) is 0. The molecule has 1 aromatic rings. The SMILES string of the molecule is CCCc1ccccc1N1CCN(C)CC1. The van der Waals surface area contributed by atoms with Crippen LogP contribution in [0.4, 0.5) is 5.69 Å². The van der Waals surface area contributed by atoms with Gasteiger partial charge in [-0.1, -0.05) is 31.5 Å². The van der Waals surface area contributed by atoms with Gasteiger partial charge in [0.2, 0.25) is 0 Å². The fourth-order valence-electron chi connectivity index (χ4n) is 2.35. The maximum atomic E-state index is 2.53. The van der Waals surface area contributed by atoms with Gasteiger partial charge in [-0.25, -0.2) is 0 Å². The summed E-state index contributed by atoms with van der Waals surface area (Å²) < 4.78 is 0. The first kappa shape index (κ1) is 11.5. The minimum Gasteiger partial charge on any atom is -0.369 e. The number of nitrogens with zero attached hydrogens (tertiary/aromatic N) is 2. The average molecular weight is 218 g/mol. The molecule has 0 radical (unpaired) electrons. The molecule has 1 aromatic carbocycles. The van der Waals surface area contributed by atoms with E-state index in [1.807, 2.05) is 0 Å². The van der Waals surface area contributed by atoms with Crippen molar-refractivity contribution in [2.75, 3.05) is 38.1 Å². The lowest BCUT2D eigenvalue weighted by Crippen LogP contribution is -2.44. The lowest BCUT2D eigenvalue weighted by Gasteiger charge is -2.35. The van der Waals surface area contributed by atoms with Gasteiger partial charge in [-0.15, -0.1) is 0 Å². The zero-order valence-corrected chi connectivity index (χ0v) is 10.4. The first-order chi connectivity index (χ1) is 7.81. The van der Waals surface area contributed by atoms with E-state index in [1.54, 1.807) is 0 Å². The molecular formula is C14H22N2. The van der Waals surface area contributed by atoms with Crippen LogP contribution >= 0.6 is 0 Å². The minimum atomic E-state index is 1.16. The highest BCUT2D eigenvalue weighted by Gasteiger charge is 2.15. The van der Waals surface area contributed by atoms with Crippen molar-refractivity contribution in [1.82, 2.24) is 4.90 Å². The van der Waals surface area contributed by atoms with Gasteiger partial charge in [0.1, 0.15) is 0 Å². The highest BCUT2D eigenvalue weighted by Crippen LogP contribution is 2.22. The molecule has 1 heterocycles.